The molecule has 1 aliphatic rings. The zero-order chi connectivity index (χ0) is 13.9. The van der Waals surface area contributed by atoms with Gasteiger partial charge in [0.05, 0.1) is 6.61 Å². The molecule has 1 N–H and O–H groups in total. The summed E-state index contributed by atoms with van der Waals surface area (Å²) >= 11 is 1.93. The van der Waals surface area contributed by atoms with E-state index >= 15 is 0 Å². The lowest BCUT2D eigenvalue weighted by Gasteiger charge is -2.31. The second-order valence-electron chi connectivity index (χ2n) is 6.19. The molecule has 0 aromatic heterocycles. The largest absolute Gasteiger partial charge is 0.380 e. The summed E-state index contributed by atoms with van der Waals surface area (Å²) in [4.78, 5) is 1.34. The molecule has 1 saturated heterocycles. The van der Waals surface area contributed by atoms with E-state index in [1.54, 1.807) is 0 Å². The normalized spacial score (nSPS) is 24.4. The number of nitrogens with one attached hydrogen (secondary N) is 1. The van der Waals surface area contributed by atoms with Crippen molar-refractivity contribution in [3.05, 3.63) is 29.8 Å². The van der Waals surface area contributed by atoms with E-state index in [0.29, 0.717) is 11.3 Å². The Hall–Kier alpha value is -0.510. The molecule has 0 bridgehead atoms. The Labute approximate surface area is 121 Å². The molecule has 1 aromatic rings. The number of ether oxygens (including phenoxy) is 1. The molecule has 0 aliphatic carbocycles. The molecule has 3 heteroatoms. The van der Waals surface area contributed by atoms with Crippen molar-refractivity contribution in [1.82, 2.24) is 5.32 Å². The third-order valence-electron chi connectivity index (χ3n) is 3.68. The molecular weight excluding hydrogens is 254 g/mol. The Balaban J connectivity index is 2.02. The van der Waals surface area contributed by atoms with Gasteiger partial charge in [0, 0.05) is 22.8 Å². The highest BCUT2D eigenvalue weighted by atomic mass is 32.2. The molecule has 1 heterocycles. The zero-order valence-electron chi connectivity index (χ0n) is 12.4. The predicted molar refractivity (Wildman–Crippen MR) is 83.1 cm³/mol. The summed E-state index contributed by atoms with van der Waals surface area (Å²) in [6.45, 7) is 8.48. The van der Waals surface area contributed by atoms with Gasteiger partial charge in [-0.05, 0) is 36.6 Å². The Morgan fingerprint density at radius 3 is 2.47 bits per heavy atom. The molecule has 1 fully saturated rings. The van der Waals surface area contributed by atoms with Crippen molar-refractivity contribution in [2.45, 2.75) is 48.8 Å². The van der Waals surface area contributed by atoms with Crippen LogP contribution in [0.25, 0.3) is 0 Å². The van der Waals surface area contributed by atoms with Crippen LogP contribution in [0, 0.1) is 0 Å². The van der Waals surface area contributed by atoms with E-state index in [-0.39, 0.29) is 5.41 Å². The molecular formula is C16H25NOS. The van der Waals surface area contributed by atoms with Crippen molar-refractivity contribution < 1.29 is 4.74 Å². The van der Waals surface area contributed by atoms with Crippen molar-refractivity contribution >= 4 is 11.8 Å². The van der Waals surface area contributed by atoms with Crippen LogP contribution in [0.4, 0.5) is 0 Å². The van der Waals surface area contributed by atoms with Crippen molar-refractivity contribution in [2.75, 3.05) is 20.3 Å². The first kappa shape index (κ1) is 14.9. The van der Waals surface area contributed by atoms with Crippen LogP contribution >= 0.6 is 11.8 Å². The summed E-state index contributed by atoms with van der Waals surface area (Å²) in [5.41, 5.74) is 1.62. The summed E-state index contributed by atoms with van der Waals surface area (Å²) in [6, 6.07) is 9.54. The minimum atomic E-state index is 0.227. The molecule has 2 nitrogen and oxygen atoms in total. The van der Waals surface area contributed by atoms with Crippen LogP contribution in [0.15, 0.2) is 29.2 Å². The van der Waals surface area contributed by atoms with E-state index in [1.807, 2.05) is 18.8 Å². The lowest BCUT2D eigenvalue weighted by atomic mass is 9.87. The Morgan fingerprint density at radius 1 is 1.21 bits per heavy atom. The van der Waals surface area contributed by atoms with Gasteiger partial charge >= 0.3 is 0 Å². The van der Waals surface area contributed by atoms with Crippen molar-refractivity contribution in [3.8, 4) is 0 Å². The van der Waals surface area contributed by atoms with Crippen LogP contribution in [0.3, 0.4) is 0 Å². The van der Waals surface area contributed by atoms with Crippen LogP contribution in [-0.2, 0) is 10.2 Å². The fourth-order valence-corrected chi connectivity index (χ4v) is 3.61. The van der Waals surface area contributed by atoms with E-state index < -0.39 is 0 Å². The predicted octanol–water partition coefficient (Wildman–Crippen LogP) is 3.45. The molecule has 2 unspecified atom stereocenters. The smallest absolute Gasteiger partial charge is 0.0603 e. The maximum absolute atomic E-state index is 5.60. The SMILES string of the molecule is CNC1CCOCC1Sc1ccc(C(C)(C)C)cc1. The molecule has 1 aromatic carbocycles. The number of hydrogen-bond acceptors (Lipinski definition) is 3. The molecule has 0 amide bonds. The van der Waals surface area contributed by atoms with Gasteiger partial charge in [-0.25, -0.2) is 0 Å². The number of thioether (sulfide) groups is 1. The van der Waals surface area contributed by atoms with E-state index in [4.69, 9.17) is 4.74 Å². The van der Waals surface area contributed by atoms with Gasteiger partial charge in [-0.2, -0.15) is 0 Å². The van der Waals surface area contributed by atoms with Crippen LogP contribution in [0.2, 0.25) is 0 Å². The van der Waals surface area contributed by atoms with Gasteiger partial charge in [0.15, 0.2) is 0 Å². The van der Waals surface area contributed by atoms with Crippen molar-refractivity contribution in [2.24, 2.45) is 0 Å². The van der Waals surface area contributed by atoms with Gasteiger partial charge in [-0.15, -0.1) is 11.8 Å². The fraction of sp³-hybridized carbons (Fsp3) is 0.625. The van der Waals surface area contributed by atoms with Crippen LogP contribution in [-0.4, -0.2) is 31.6 Å². The van der Waals surface area contributed by atoms with Gasteiger partial charge in [-0.3, -0.25) is 0 Å². The Kier molecular flexibility index (Phi) is 4.93. The maximum atomic E-state index is 5.60. The third kappa shape index (κ3) is 3.98. The highest BCUT2D eigenvalue weighted by Crippen LogP contribution is 2.31. The van der Waals surface area contributed by atoms with Gasteiger partial charge < -0.3 is 10.1 Å². The molecule has 106 valence electrons. The molecule has 0 saturated carbocycles. The summed E-state index contributed by atoms with van der Waals surface area (Å²) in [7, 11) is 2.05. The van der Waals surface area contributed by atoms with Gasteiger partial charge in [0.1, 0.15) is 0 Å². The number of benzene rings is 1. The van der Waals surface area contributed by atoms with E-state index in [2.05, 4.69) is 50.4 Å². The average Bonchev–Trinajstić information content (AvgIpc) is 2.39. The Morgan fingerprint density at radius 2 is 1.89 bits per heavy atom. The molecule has 0 spiro atoms. The summed E-state index contributed by atoms with van der Waals surface area (Å²) in [5.74, 6) is 0. The topological polar surface area (TPSA) is 21.3 Å². The molecule has 19 heavy (non-hydrogen) atoms. The average molecular weight is 279 g/mol. The first-order valence-electron chi connectivity index (χ1n) is 7.03. The number of rotatable bonds is 3. The van der Waals surface area contributed by atoms with Crippen molar-refractivity contribution in [3.63, 3.8) is 0 Å². The first-order chi connectivity index (χ1) is 9.00. The molecule has 1 aliphatic heterocycles. The van der Waals surface area contributed by atoms with Gasteiger partial charge in [0.25, 0.3) is 0 Å². The second-order valence-corrected chi connectivity index (χ2v) is 7.50. The summed E-state index contributed by atoms with van der Waals surface area (Å²) in [5, 5.41) is 3.92. The lowest BCUT2D eigenvalue weighted by molar-refractivity contribution is 0.0851. The zero-order valence-corrected chi connectivity index (χ0v) is 13.2. The van der Waals surface area contributed by atoms with Crippen LogP contribution in [0.1, 0.15) is 32.8 Å². The van der Waals surface area contributed by atoms with E-state index in [9.17, 15) is 0 Å². The number of hydrogen-bond donors (Lipinski definition) is 1. The molecule has 0 radical (unpaired) electrons. The Bertz CT molecular complexity index is 396. The van der Waals surface area contributed by atoms with Gasteiger partial charge in [-0.1, -0.05) is 32.9 Å². The fourth-order valence-electron chi connectivity index (χ4n) is 2.37. The molecule has 2 atom stereocenters. The summed E-state index contributed by atoms with van der Waals surface area (Å²) in [6.07, 6.45) is 1.11. The third-order valence-corrected chi connectivity index (χ3v) is 4.99. The summed E-state index contributed by atoms with van der Waals surface area (Å²) < 4.78 is 5.60. The minimum Gasteiger partial charge on any atom is -0.380 e. The van der Waals surface area contributed by atoms with Crippen molar-refractivity contribution in [1.29, 1.82) is 0 Å². The first-order valence-corrected chi connectivity index (χ1v) is 7.91. The standard InChI is InChI=1S/C16H25NOS/c1-16(2,3)12-5-7-13(8-6-12)19-15-11-18-10-9-14(15)17-4/h5-8,14-15,17H,9-11H2,1-4H3. The highest BCUT2D eigenvalue weighted by molar-refractivity contribution is 8.00. The monoisotopic (exact) mass is 279 g/mol. The van der Waals surface area contributed by atoms with E-state index in [0.717, 1.165) is 19.6 Å². The minimum absolute atomic E-state index is 0.227. The van der Waals surface area contributed by atoms with Crippen LogP contribution < -0.4 is 5.32 Å². The lowest BCUT2D eigenvalue weighted by Crippen LogP contribution is -2.43. The van der Waals surface area contributed by atoms with Crippen LogP contribution in [0.5, 0.6) is 0 Å². The second kappa shape index (κ2) is 6.29. The van der Waals surface area contributed by atoms with Gasteiger partial charge in [0.2, 0.25) is 0 Å². The quantitative estimate of drug-likeness (QED) is 0.915. The van der Waals surface area contributed by atoms with E-state index in [1.165, 1.54) is 10.5 Å². The molecule has 2 rings (SSSR count). The highest BCUT2D eigenvalue weighted by Gasteiger charge is 2.25. The maximum Gasteiger partial charge on any atom is 0.0603 e.